The Balaban J connectivity index is 1.68. The highest BCUT2D eigenvalue weighted by molar-refractivity contribution is 7.07. The van der Waals surface area contributed by atoms with Crippen LogP contribution in [-0.4, -0.2) is 35.2 Å². The van der Waals surface area contributed by atoms with Crippen molar-refractivity contribution >= 4 is 45.7 Å². The van der Waals surface area contributed by atoms with Gasteiger partial charge in [0, 0.05) is 29.9 Å². The molecule has 0 spiro atoms. The first-order valence-corrected chi connectivity index (χ1v) is 11.8. The molecule has 0 saturated carbocycles. The van der Waals surface area contributed by atoms with Gasteiger partial charge in [-0.2, -0.15) is 13.2 Å². The molecule has 2 heterocycles. The molecule has 0 fully saturated rings. The molecule has 2 aromatic carbocycles. The van der Waals surface area contributed by atoms with Gasteiger partial charge in [-0.25, -0.2) is 24.4 Å². The number of amides is 2. The highest BCUT2D eigenvalue weighted by Crippen LogP contribution is 2.26. The van der Waals surface area contributed by atoms with Crippen molar-refractivity contribution in [1.82, 2.24) is 9.97 Å². The monoisotopic (exact) mass is 518 g/mol. The fourth-order valence-electron chi connectivity index (χ4n) is 3.57. The minimum atomic E-state index is -5.20. The first-order valence-electron chi connectivity index (χ1n) is 10.9. The van der Waals surface area contributed by atoms with Crippen molar-refractivity contribution in [2.45, 2.75) is 32.9 Å². The Labute approximate surface area is 208 Å². The average Bonchev–Trinajstić information content (AvgIpc) is 3.46. The molecular formula is C24H23F3N5O3S+. The summed E-state index contributed by atoms with van der Waals surface area (Å²) >= 11 is 1.22. The van der Waals surface area contributed by atoms with E-state index in [1.54, 1.807) is 24.6 Å². The number of H-pyrrole nitrogens is 1. The summed E-state index contributed by atoms with van der Waals surface area (Å²) in [6, 6.07) is 10.0. The second-order valence-electron chi connectivity index (χ2n) is 8.44. The second kappa shape index (κ2) is 9.61. The average molecular weight is 519 g/mol. The summed E-state index contributed by atoms with van der Waals surface area (Å²) in [5, 5.41) is 4.34. The maximum absolute atomic E-state index is 13.0. The number of aromatic amines is 1. The lowest BCUT2D eigenvalue weighted by Gasteiger charge is -2.21. The highest BCUT2D eigenvalue weighted by atomic mass is 32.1. The van der Waals surface area contributed by atoms with Crippen LogP contribution in [0.2, 0.25) is 0 Å². The van der Waals surface area contributed by atoms with Crippen LogP contribution in [0.4, 0.5) is 29.3 Å². The predicted molar refractivity (Wildman–Crippen MR) is 130 cm³/mol. The van der Waals surface area contributed by atoms with E-state index in [4.69, 9.17) is 0 Å². The number of nitrogens with one attached hydrogen (secondary N) is 2. The molecule has 0 bridgehead atoms. The number of carbonyl (C=O) groups excluding carboxylic acids is 2. The molecule has 0 radical (unpaired) electrons. The van der Waals surface area contributed by atoms with Gasteiger partial charge >= 0.3 is 24.0 Å². The summed E-state index contributed by atoms with van der Waals surface area (Å²) in [5.74, 6) is -2.07. The number of halogens is 3. The van der Waals surface area contributed by atoms with Crippen LogP contribution in [0.15, 0.2) is 47.3 Å². The van der Waals surface area contributed by atoms with Crippen molar-refractivity contribution in [2.75, 3.05) is 17.3 Å². The van der Waals surface area contributed by atoms with Gasteiger partial charge in [0.2, 0.25) is 5.52 Å². The van der Waals surface area contributed by atoms with Gasteiger partial charge < -0.3 is 5.32 Å². The lowest BCUT2D eigenvalue weighted by atomic mass is 10.0. The van der Waals surface area contributed by atoms with E-state index >= 15 is 0 Å². The summed E-state index contributed by atoms with van der Waals surface area (Å²) < 4.78 is 39.6. The molecular weight excluding hydrogens is 495 g/mol. The normalized spacial score (nSPS) is 11.7. The number of anilines is 2. The largest absolute Gasteiger partial charge is 0.495 e. The van der Waals surface area contributed by atoms with Crippen molar-refractivity contribution in [3.8, 4) is 11.5 Å². The molecule has 188 valence electrons. The van der Waals surface area contributed by atoms with Crippen LogP contribution in [0.25, 0.3) is 22.6 Å². The van der Waals surface area contributed by atoms with Gasteiger partial charge in [0.25, 0.3) is 0 Å². The molecule has 8 nitrogen and oxygen atoms in total. The number of imidazole rings is 1. The zero-order valence-corrected chi connectivity index (χ0v) is 20.6. The van der Waals surface area contributed by atoms with Gasteiger partial charge in [0.15, 0.2) is 11.2 Å². The Kier molecular flexibility index (Phi) is 6.72. The number of rotatable bonds is 5. The topological polar surface area (TPSA) is 91.2 Å². The molecule has 0 atom stereocenters. The number of benzene rings is 2. The molecule has 36 heavy (non-hydrogen) atoms. The minimum absolute atomic E-state index is 0.0468. The minimum Gasteiger partial charge on any atom is -0.307 e. The quantitative estimate of drug-likeness (QED) is 0.356. The van der Waals surface area contributed by atoms with Crippen LogP contribution < -0.4 is 19.8 Å². The van der Waals surface area contributed by atoms with E-state index < -0.39 is 18.2 Å². The van der Waals surface area contributed by atoms with Gasteiger partial charge in [-0.05, 0) is 46.9 Å². The first-order chi connectivity index (χ1) is 17.0. The Bertz CT molecular complexity index is 1430. The van der Waals surface area contributed by atoms with E-state index in [-0.39, 0.29) is 28.6 Å². The number of aromatic nitrogens is 3. The molecule has 4 rings (SSSR count). The number of aryl methyl sites for hydroxylation is 1. The molecule has 0 saturated heterocycles. The van der Waals surface area contributed by atoms with E-state index in [0.29, 0.717) is 5.52 Å². The molecule has 2 N–H and O–H groups in total. The molecule has 12 heteroatoms. The van der Waals surface area contributed by atoms with Crippen molar-refractivity contribution in [3.05, 3.63) is 58.4 Å². The number of hydrogen-bond acceptors (Lipinski definition) is 5. The smallest absolute Gasteiger partial charge is 0.307 e. The van der Waals surface area contributed by atoms with Crippen LogP contribution >= 0.6 is 11.3 Å². The molecule has 0 aliphatic carbocycles. The van der Waals surface area contributed by atoms with Crippen molar-refractivity contribution in [1.29, 1.82) is 0 Å². The van der Waals surface area contributed by atoms with Gasteiger partial charge in [-0.3, -0.25) is 4.90 Å². The fourth-order valence-corrected chi connectivity index (χ4v) is 4.11. The summed E-state index contributed by atoms with van der Waals surface area (Å²) in [4.78, 5) is 37.8. The number of carbonyl (C=O) groups is 2. The number of nitrogens with zero attached hydrogens (tertiary/aromatic N) is 3. The summed E-state index contributed by atoms with van der Waals surface area (Å²) in [6.45, 7) is 6.01. The number of hydrogen-bond donors (Lipinski definition) is 2. The van der Waals surface area contributed by atoms with E-state index in [1.807, 2.05) is 25.1 Å². The van der Waals surface area contributed by atoms with E-state index in [0.717, 1.165) is 21.5 Å². The predicted octanol–water partition coefficient (Wildman–Crippen LogP) is 5.20. The Morgan fingerprint density at radius 2 is 1.94 bits per heavy atom. The second-order valence-corrected chi connectivity index (χ2v) is 9.16. The van der Waals surface area contributed by atoms with Crippen LogP contribution in [0, 0.1) is 6.92 Å². The molecule has 4 aromatic rings. The van der Waals surface area contributed by atoms with Gasteiger partial charge in [0.05, 0.1) is 5.51 Å². The third-order valence-corrected chi connectivity index (χ3v) is 6.16. The first kappa shape index (κ1) is 25.2. The van der Waals surface area contributed by atoms with Crippen LogP contribution in [0.1, 0.15) is 30.9 Å². The van der Waals surface area contributed by atoms with E-state index in [9.17, 15) is 22.8 Å². The maximum Gasteiger partial charge on any atom is 0.495 e. The molecule has 2 amide bonds. The lowest BCUT2D eigenvalue weighted by Crippen LogP contribution is -2.51. The van der Waals surface area contributed by atoms with Crippen LogP contribution in [-0.2, 0) is 4.79 Å². The SMILES string of the molecule is Cc1ccc(C(C)C)cc1N(C)C(=O)Nc1ccc2[nH]c(-c3cscn3)[n+](OC(=O)C(F)(F)F)c2c1. The zero-order valence-electron chi connectivity index (χ0n) is 19.8. The van der Waals surface area contributed by atoms with Crippen molar-refractivity contribution in [3.63, 3.8) is 0 Å². The number of thiazole rings is 1. The summed E-state index contributed by atoms with van der Waals surface area (Å²) in [6.07, 6.45) is -5.20. The molecule has 0 aliphatic rings. The lowest BCUT2D eigenvalue weighted by molar-refractivity contribution is -0.841. The van der Waals surface area contributed by atoms with E-state index in [2.05, 4.69) is 34.0 Å². The van der Waals surface area contributed by atoms with Crippen molar-refractivity contribution < 1.29 is 32.3 Å². The van der Waals surface area contributed by atoms with Crippen LogP contribution in [0.5, 0.6) is 0 Å². The number of alkyl halides is 3. The summed E-state index contributed by atoms with van der Waals surface area (Å²) in [7, 11) is 1.63. The fraction of sp³-hybridized carbons (Fsp3) is 0.250. The Morgan fingerprint density at radius 3 is 2.58 bits per heavy atom. The van der Waals surface area contributed by atoms with Gasteiger partial charge in [-0.1, -0.05) is 26.0 Å². The Hall–Kier alpha value is -3.93. The molecule has 0 aliphatic heterocycles. The number of fused-ring (bicyclic) bond motifs is 1. The van der Waals surface area contributed by atoms with Crippen molar-refractivity contribution in [2.24, 2.45) is 0 Å². The van der Waals surface area contributed by atoms with Crippen LogP contribution in [0.3, 0.4) is 0 Å². The third-order valence-electron chi connectivity index (χ3n) is 5.57. The Morgan fingerprint density at radius 1 is 1.19 bits per heavy atom. The zero-order chi connectivity index (χ0) is 26.2. The van der Waals surface area contributed by atoms with Gasteiger partial charge in [-0.15, -0.1) is 11.3 Å². The third kappa shape index (κ3) is 5.03. The molecule has 0 unspecified atom stereocenters. The summed E-state index contributed by atoms with van der Waals surface area (Å²) in [5.41, 5.74) is 5.26. The maximum atomic E-state index is 13.0. The number of urea groups is 1. The molecule has 2 aromatic heterocycles. The standard InChI is InChI=1S/C24H22F3N5O3S/c1-13(2)15-6-5-14(3)19(9-15)31(4)23(34)29-16-7-8-17-20(10-16)32(35-22(33)24(25,26)27)21(30-17)18-11-36-12-28-18/h5-13H,1-4H3,(H,29,34)/p+1. The highest BCUT2D eigenvalue weighted by Gasteiger charge is 2.44. The van der Waals surface area contributed by atoms with E-state index in [1.165, 1.54) is 27.8 Å². The van der Waals surface area contributed by atoms with Gasteiger partial charge in [0.1, 0.15) is 0 Å².